The zero-order valence-corrected chi connectivity index (χ0v) is 15.3. The van der Waals surface area contributed by atoms with Gasteiger partial charge in [-0.15, -0.1) is 0 Å². The number of hydrogen-bond acceptors (Lipinski definition) is 7. The molecule has 0 bridgehead atoms. The van der Waals surface area contributed by atoms with Crippen LogP contribution in [0.5, 0.6) is 5.75 Å². The van der Waals surface area contributed by atoms with Crippen LogP contribution < -0.4 is 10.5 Å². The van der Waals surface area contributed by atoms with Crippen LogP contribution in [0.2, 0.25) is 0 Å². The maximum atomic E-state index is 12.6. The van der Waals surface area contributed by atoms with Crippen LogP contribution in [0.3, 0.4) is 0 Å². The van der Waals surface area contributed by atoms with Crippen LogP contribution in [0.4, 0.5) is 0 Å². The van der Waals surface area contributed by atoms with Crippen molar-refractivity contribution in [3.8, 4) is 5.75 Å². The van der Waals surface area contributed by atoms with Crippen molar-refractivity contribution >= 4 is 11.9 Å². The van der Waals surface area contributed by atoms with E-state index >= 15 is 0 Å². The summed E-state index contributed by atoms with van der Waals surface area (Å²) in [6.07, 6.45) is 0. The SMILES string of the molecule is CCOC(=O)C1=C(C)OC(N)=C(C(=O)OC)C1c1ccccc1OCC. The first-order chi connectivity index (χ1) is 12.5. The fourth-order valence-corrected chi connectivity index (χ4v) is 2.88. The van der Waals surface area contributed by atoms with E-state index in [-0.39, 0.29) is 29.4 Å². The first-order valence-electron chi connectivity index (χ1n) is 8.31. The highest BCUT2D eigenvalue weighted by Crippen LogP contribution is 2.43. The fourth-order valence-electron chi connectivity index (χ4n) is 2.88. The monoisotopic (exact) mass is 361 g/mol. The predicted molar refractivity (Wildman–Crippen MR) is 94.0 cm³/mol. The molecule has 140 valence electrons. The molecule has 1 heterocycles. The van der Waals surface area contributed by atoms with Gasteiger partial charge in [-0.1, -0.05) is 18.2 Å². The highest BCUT2D eigenvalue weighted by Gasteiger charge is 2.41. The summed E-state index contributed by atoms with van der Waals surface area (Å²) in [6, 6.07) is 7.12. The topological polar surface area (TPSA) is 97.1 Å². The van der Waals surface area contributed by atoms with Gasteiger partial charge in [0.05, 0.1) is 31.8 Å². The number of nitrogens with two attached hydrogens (primary N) is 1. The number of methoxy groups -OCH3 is 1. The minimum absolute atomic E-state index is 0.0355. The Kier molecular flexibility index (Phi) is 6.27. The summed E-state index contributed by atoms with van der Waals surface area (Å²) < 4.78 is 21.2. The van der Waals surface area contributed by atoms with Gasteiger partial charge in [0.25, 0.3) is 0 Å². The standard InChI is InChI=1S/C19H23NO6/c1-5-24-13-10-8-7-9-12(13)15-14(19(22)25-6-2)11(3)26-17(20)16(15)18(21)23-4/h7-10,15H,5-6,20H2,1-4H3. The van der Waals surface area contributed by atoms with Crippen molar-refractivity contribution in [2.45, 2.75) is 26.7 Å². The Hall–Kier alpha value is -2.96. The first-order valence-corrected chi connectivity index (χ1v) is 8.31. The van der Waals surface area contributed by atoms with Crippen molar-refractivity contribution in [2.24, 2.45) is 5.73 Å². The van der Waals surface area contributed by atoms with E-state index in [0.717, 1.165) is 0 Å². The zero-order chi connectivity index (χ0) is 19.3. The molecule has 1 aromatic rings. The minimum atomic E-state index is -0.821. The fraction of sp³-hybridized carbons (Fsp3) is 0.368. The van der Waals surface area contributed by atoms with Crippen LogP contribution >= 0.6 is 0 Å². The molecule has 0 saturated carbocycles. The molecule has 7 nitrogen and oxygen atoms in total. The molecule has 1 unspecified atom stereocenters. The van der Waals surface area contributed by atoms with Crippen molar-refractivity contribution in [3.05, 3.63) is 52.6 Å². The van der Waals surface area contributed by atoms with E-state index in [1.54, 1.807) is 38.1 Å². The molecule has 1 atom stereocenters. The molecule has 2 N–H and O–H groups in total. The molecule has 7 heteroatoms. The van der Waals surface area contributed by atoms with Gasteiger partial charge in [0.1, 0.15) is 17.1 Å². The smallest absolute Gasteiger partial charge is 0.340 e. The molecule has 0 fully saturated rings. The Morgan fingerprint density at radius 3 is 2.42 bits per heavy atom. The Bertz CT molecular complexity index is 765. The van der Waals surface area contributed by atoms with E-state index < -0.39 is 17.9 Å². The van der Waals surface area contributed by atoms with Crippen molar-refractivity contribution < 1.29 is 28.5 Å². The molecular weight excluding hydrogens is 338 g/mol. The van der Waals surface area contributed by atoms with Crippen molar-refractivity contribution in [1.29, 1.82) is 0 Å². The van der Waals surface area contributed by atoms with Gasteiger partial charge in [-0.3, -0.25) is 0 Å². The van der Waals surface area contributed by atoms with Gasteiger partial charge in [0.15, 0.2) is 0 Å². The average Bonchev–Trinajstić information content (AvgIpc) is 2.61. The average molecular weight is 361 g/mol. The number of hydrogen-bond donors (Lipinski definition) is 1. The Morgan fingerprint density at radius 1 is 1.12 bits per heavy atom. The number of ether oxygens (including phenoxy) is 4. The molecule has 0 aliphatic carbocycles. The molecule has 2 rings (SSSR count). The molecule has 0 amide bonds. The molecule has 1 aromatic carbocycles. The first kappa shape index (κ1) is 19.4. The van der Waals surface area contributed by atoms with Gasteiger partial charge in [0.2, 0.25) is 5.88 Å². The number of carbonyl (C=O) groups is 2. The van der Waals surface area contributed by atoms with Gasteiger partial charge in [-0.05, 0) is 26.8 Å². The van der Waals surface area contributed by atoms with Crippen LogP contribution in [0, 0.1) is 0 Å². The number of rotatable bonds is 6. The molecule has 0 spiro atoms. The van der Waals surface area contributed by atoms with E-state index in [9.17, 15) is 9.59 Å². The normalized spacial score (nSPS) is 16.8. The molecule has 0 radical (unpaired) electrons. The number of benzene rings is 1. The Morgan fingerprint density at radius 2 is 1.81 bits per heavy atom. The lowest BCUT2D eigenvalue weighted by atomic mass is 9.82. The Balaban J connectivity index is 2.71. The van der Waals surface area contributed by atoms with Gasteiger partial charge in [-0.25, -0.2) is 9.59 Å². The van der Waals surface area contributed by atoms with Gasteiger partial charge >= 0.3 is 11.9 Å². The Labute approximate surface area is 152 Å². The lowest BCUT2D eigenvalue weighted by Gasteiger charge is -2.29. The van der Waals surface area contributed by atoms with Crippen molar-refractivity contribution in [1.82, 2.24) is 0 Å². The second kappa shape index (κ2) is 8.42. The maximum Gasteiger partial charge on any atom is 0.340 e. The van der Waals surface area contributed by atoms with Crippen LogP contribution in [-0.2, 0) is 23.8 Å². The third-order valence-corrected chi connectivity index (χ3v) is 3.92. The van der Waals surface area contributed by atoms with Crippen molar-refractivity contribution in [2.75, 3.05) is 20.3 Å². The summed E-state index contributed by atoms with van der Waals surface area (Å²) in [4.78, 5) is 25.0. The van der Waals surface area contributed by atoms with E-state index in [1.807, 2.05) is 6.92 Å². The van der Waals surface area contributed by atoms with Gasteiger partial charge in [0, 0.05) is 5.56 Å². The summed E-state index contributed by atoms with van der Waals surface area (Å²) in [6.45, 7) is 5.75. The summed E-state index contributed by atoms with van der Waals surface area (Å²) in [5, 5.41) is 0. The largest absolute Gasteiger partial charge is 0.494 e. The third kappa shape index (κ3) is 3.66. The summed E-state index contributed by atoms with van der Waals surface area (Å²) in [5.74, 6) is -1.41. The van der Waals surface area contributed by atoms with Gasteiger partial charge < -0.3 is 24.7 Å². The highest BCUT2D eigenvalue weighted by atomic mass is 16.5. The number of para-hydroxylation sites is 1. The van der Waals surface area contributed by atoms with E-state index in [0.29, 0.717) is 17.9 Å². The van der Waals surface area contributed by atoms with Gasteiger partial charge in [-0.2, -0.15) is 0 Å². The lowest BCUT2D eigenvalue weighted by Crippen LogP contribution is -2.30. The predicted octanol–water partition coefficient (Wildman–Crippen LogP) is 2.38. The van der Waals surface area contributed by atoms with Crippen LogP contribution in [-0.4, -0.2) is 32.3 Å². The molecule has 1 aliphatic heterocycles. The number of carbonyl (C=O) groups excluding carboxylic acids is 2. The second-order valence-electron chi connectivity index (χ2n) is 5.47. The van der Waals surface area contributed by atoms with E-state index in [4.69, 9.17) is 24.7 Å². The van der Waals surface area contributed by atoms with Crippen molar-refractivity contribution in [3.63, 3.8) is 0 Å². The van der Waals surface area contributed by atoms with E-state index in [1.165, 1.54) is 7.11 Å². The molecule has 0 aromatic heterocycles. The molecular formula is C19H23NO6. The summed E-state index contributed by atoms with van der Waals surface area (Å²) in [5.41, 5.74) is 6.79. The van der Waals surface area contributed by atoms with Crippen LogP contribution in [0.1, 0.15) is 32.3 Å². The maximum absolute atomic E-state index is 12.6. The second-order valence-corrected chi connectivity index (χ2v) is 5.47. The zero-order valence-electron chi connectivity index (χ0n) is 15.3. The third-order valence-electron chi connectivity index (χ3n) is 3.92. The van der Waals surface area contributed by atoms with E-state index in [2.05, 4.69) is 0 Å². The van der Waals surface area contributed by atoms with Crippen LogP contribution in [0.15, 0.2) is 47.1 Å². The minimum Gasteiger partial charge on any atom is -0.494 e. The quantitative estimate of drug-likeness (QED) is 0.777. The summed E-state index contributed by atoms with van der Waals surface area (Å²) >= 11 is 0. The number of allylic oxidation sites excluding steroid dienone is 1. The number of esters is 2. The highest BCUT2D eigenvalue weighted by molar-refractivity contribution is 5.99. The molecule has 26 heavy (non-hydrogen) atoms. The summed E-state index contributed by atoms with van der Waals surface area (Å²) in [7, 11) is 1.24. The lowest BCUT2D eigenvalue weighted by molar-refractivity contribution is -0.139. The molecule has 1 aliphatic rings. The molecule has 0 saturated heterocycles. The van der Waals surface area contributed by atoms with Crippen LogP contribution in [0.25, 0.3) is 0 Å².